The molecule has 0 aromatic heterocycles. The largest absolute Gasteiger partial charge is 0.467 e. The Morgan fingerprint density at radius 1 is 1.26 bits per heavy atom. The monoisotopic (exact) mass is 265 g/mol. The molecule has 0 saturated heterocycles. The molecule has 5 nitrogen and oxygen atoms in total. The van der Waals surface area contributed by atoms with E-state index in [2.05, 4.69) is 5.32 Å². The van der Waals surface area contributed by atoms with Crippen molar-refractivity contribution in [1.82, 2.24) is 5.32 Å². The third-order valence-electron chi connectivity index (χ3n) is 3.27. The van der Waals surface area contributed by atoms with Gasteiger partial charge in [0.25, 0.3) is 0 Å². The van der Waals surface area contributed by atoms with Gasteiger partial charge in [0, 0.05) is 18.2 Å². The van der Waals surface area contributed by atoms with Gasteiger partial charge in [-0.3, -0.25) is 0 Å². The maximum atomic E-state index is 5.70. The summed E-state index contributed by atoms with van der Waals surface area (Å²) in [6.07, 6.45) is 2.57. The van der Waals surface area contributed by atoms with E-state index in [9.17, 15) is 0 Å². The van der Waals surface area contributed by atoms with Crippen LogP contribution in [0.2, 0.25) is 0 Å². The molecule has 0 spiro atoms. The van der Waals surface area contributed by atoms with Crippen LogP contribution in [0.1, 0.15) is 18.4 Å². The maximum Gasteiger partial charge on any atom is 0.231 e. The van der Waals surface area contributed by atoms with E-state index >= 15 is 0 Å². The highest BCUT2D eigenvalue weighted by molar-refractivity contribution is 5.51. The minimum Gasteiger partial charge on any atom is -0.467 e. The molecule has 2 aliphatic rings. The van der Waals surface area contributed by atoms with Crippen LogP contribution in [-0.4, -0.2) is 27.2 Å². The van der Waals surface area contributed by atoms with Crippen molar-refractivity contribution in [3.63, 3.8) is 0 Å². The molecule has 0 atom stereocenters. The fraction of sp³-hybridized carbons (Fsp3) is 0.571. The predicted octanol–water partition coefficient (Wildman–Crippen LogP) is 1.90. The average molecular weight is 265 g/mol. The molecule has 1 N–H and O–H groups in total. The molecular formula is C14H19NO4. The molecule has 19 heavy (non-hydrogen) atoms. The first-order valence-corrected chi connectivity index (χ1v) is 6.64. The standard InChI is InChI=1S/C14H19NO4/c1-15-6-11-4-13-14(19-9-18-13)5-12(11)17-8-16-7-10-2-3-10/h4-5,10,15H,2-3,6-9H2,1H3. The van der Waals surface area contributed by atoms with Gasteiger partial charge in [0.2, 0.25) is 6.79 Å². The van der Waals surface area contributed by atoms with Crippen molar-refractivity contribution in [1.29, 1.82) is 0 Å². The quantitative estimate of drug-likeness (QED) is 0.602. The molecule has 0 unspecified atom stereocenters. The van der Waals surface area contributed by atoms with Gasteiger partial charge in [-0.1, -0.05) is 0 Å². The van der Waals surface area contributed by atoms with Crippen LogP contribution in [-0.2, 0) is 11.3 Å². The molecular weight excluding hydrogens is 246 g/mol. The third-order valence-corrected chi connectivity index (χ3v) is 3.27. The molecule has 0 bridgehead atoms. The minimum absolute atomic E-state index is 0.274. The number of nitrogens with one attached hydrogen (secondary N) is 1. The van der Waals surface area contributed by atoms with Crippen LogP contribution >= 0.6 is 0 Å². The van der Waals surface area contributed by atoms with Gasteiger partial charge < -0.3 is 24.3 Å². The van der Waals surface area contributed by atoms with E-state index in [1.54, 1.807) is 0 Å². The van der Waals surface area contributed by atoms with Gasteiger partial charge >= 0.3 is 0 Å². The zero-order chi connectivity index (χ0) is 13.1. The molecule has 1 aromatic carbocycles. The molecule has 1 heterocycles. The lowest BCUT2D eigenvalue weighted by molar-refractivity contribution is 0.00935. The van der Waals surface area contributed by atoms with E-state index < -0.39 is 0 Å². The first kappa shape index (κ1) is 12.6. The molecule has 1 saturated carbocycles. The van der Waals surface area contributed by atoms with Crippen LogP contribution in [0.5, 0.6) is 17.2 Å². The summed E-state index contributed by atoms with van der Waals surface area (Å²) in [6, 6.07) is 3.82. The van der Waals surface area contributed by atoms with Crippen molar-refractivity contribution in [3.8, 4) is 17.2 Å². The summed E-state index contributed by atoms with van der Waals surface area (Å²) in [5, 5.41) is 3.12. The summed E-state index contributed by atoms with van der Waals surface area (Å²) in [5.74, 6) is 3.04. The summed E-state index contributed by atoms with van der Waals surface area (Å²) in [5.41, 5.74) is 1.04. The van der Waals surface area contributed by atoms with E-state index in [0.717, 1.165) is 35.3 Å². The first-order valence-electron chi connectivity index (χ1n) is 6.64. The molecule has 1 aliphatic carbocycles. The number of hydrogen-bond donors (Lipinski definition) is 1. The topological polar surface area (TPSA) is 49.0 Å². The fourth-order valence-corrected chi connectivity index (χ4v) is 2.03. The number of ether oxygens (including phenoxy) is 4. The van der Waals surface area contributed by atoms with Crippen LogP contribution in [0.4, 0.5) is 0 Å². The van der Waals surface area contributed by atoms with Crippen LogP contribution in [0, 0.1) is 5.92 Å². The Kier molecular flexibility index (Phi) is 3.75. The van der Waals surface area contributed by atoms with E-state index in [4.69, 9.17) is 18.9 Å². The van der Waals surface area contributed by atoms with E-state index in [1.807, 2.05) is 19.2 Å². The normalized spacial score (nSPS) is 16.7. The number of rotatable bonds is 7. The third kappa shape index (κ3) is 3.11. The van der Waals surface area contributed by atoms with Crippen LogP contribution in [0.3, 0.4) is 0 Å². The molecule has 1 aliphatic heterocycles. The fourth-order valence-electron chi connectivity index (χ4n) is 2.03. The Labute approximate surface area is 112 Å². The Bertz CT molecular complexity index is 445. The Balaban J connectivity index is 1.63. The summed E-state index contributed by atoms with van der Waals surface area (Å²) >= 11 is 0. The van der Waals surface area contributed by atoms with Crippen LogP contribution in [0.25, 0.3) is 0 Å². The zero-order valence-corrected chi connectivity index (χ0v) is 11.1. The van der Waals surface area contributed by atoms with E-state index in [0.29, 0.717) is 6.54 Å². The molecule has 0 amide bonds. The van der Waals surface area contributed by atoms with Gasteiger partial charge in [0.15, 0.2) is 18.3 Å². The molecule has 1 fully saturated rings. The maximum absolute atomic E-state index is 5.70. The Hall–Kier alpha value is -1.46. The van der Waals surface area contributed by atoms with Crippen molar-refractivity contribution in [2.45, 2.75) is 19.4 Å². The smallest absolute Gasteiger partial charge is 0.231 e. The lowest BCUT2D eigenvalue weighted by Gasteiger charge is -2.12. The zero-order valence-electron chi connectivity index (χ0n) is 11.1. The lowest BCUT2D eigenvalue weighted by Crippen LogP contribution is -2.10. The second kappa shape index (κ2) is 5.67. The summed E-state index contributed by atoms with van der Waals surface area (Å²) in [6.45, 7) is 2.07. The van der Waals surface area contributed by atoms with E-state index in [-0.39, 0.29) is 13.6 Å². The molecule has 0 radical (unpaired) electrons. The van der Waals surface area contributed by atoms with Crippen molar-refractivity contribution >= 4 is 0 Å². The first-order chi connectivity index (χ1) is 9.36. The summed E-state index contributed by atoms with van der Waals surface area (Å²) in [7, 11) is 1.90. The lowest BCUT2D eigenvalue weighted by atomic mass is 10.1. The van der Waals surface area contributed by atoms with Gasteiger partial charge in [-0.15, -0.1) is 0 Å². The van der Waals surface area contributed by atoms with Gasteiger partial charge in [-0.05, 0) is 31.9 Å². The van der Waals surface area contributed by atoms with Crippen molar-refractivity contribution in [2.75, 3.05) is 27.2 Å². The highest BCUT2D eigenvalue weighted by Gasteiger charge is 2.21. The van der Waals surface area contributed by atoms with Crippen LogP contribution in [0.15, 0.2) is 12.1 Å². The molecule has 1 aromatic rings. The van der Waals surface area contributed by atoms with Crippen molar-refractivity contribution in [3.05, 3.63) is 17.7 Å². The SMILES string of the molecule is CNCc1cc2c(cc1OCOCC1CC1)OCO2. The molecule has 5 heteroatoms. The minimum atomic E-state index is 0.274. The highest BCUT2D eigenvalue weighted by atomic mass is 16.7. The Morgan fingerprint density at radius 3 is 2.79 bits per heavy atom. The van der Waals surface area contributed by atoms with E-state index in [1.165, 1.54) is 12.8 Å². The second-order valence-corrected chi connectivity index (χ2v) is 4.92. The molecule has 3 rings (SSSR count). The van der Waals surface area contributed by atoms with Crippen molar-refractivity contribution < 1.29 is 18.9 Å². The average Bonchev–Trinajstić information content (AvgIpc) is 3.13. The number of hydrogen-bond acceptors (Lipinski definition) is 5. The van der Waals surface area contributed by atoms with Gasteiger partial charge in [0.1, 0.15) is 5.75 Å². The second-order valence-electron chi connectivity index (χ2n) is 4.92. The number of benzene rings is 1. The highest BCUT2D eigenvalue weighted by Crippen LogP contribution is 2.38. The van der Waals surface area contributed by atoms with Gasteiger partial charge in [0.05, 0.1) is 6.61 Å². The van der Waals surface area contributed by atoms with Crippen molar-refractivity contribution in [2.24, 2.45) is 5.92 Å². The van der Waals surface area contributed by atoms with Gasteiger partial charge in [-0.2, -0.15) is 0 Å². The predicted molar refractivity (Wildman–Crippen MR) is 69.5 cm³/mol. The molecule has 104 valence electrons. The summed E-state index contributed by atoms with van der Waals surface area (Å²) < 4.78 is 21.9. The number of fused-ring (bicyclic) bond motifs is 1. The Morgan fingerprint density at radius 2 is 2.05 bits per heavy atom. The van der Waals surface area contributed by atoms with Gasteiger partial charge in [-0.25, -0.2) is 0 Å². The van der Waals surface area contributed by atoms with Crippen LogP contribution < -0.4 is 19.5 Å². The summed E-state index contributed by atoms with van der Waals surface area (Å²) in [4.78, 5) is 0.